The third-order valence-corrected chi connectivity index (χ3v) is 8.70. The van der Waals surface area contributed by atoms with Crippen molar-refractivity contribution in [1.82, 2.24) is 25.3 Å². The molecule has 0 saturated heterocycles. The van der Waals surface area contributed by atoms with Gasteiger partial charge in [-0.3, -0.25) is 9.59 Å². The van der Waals surface area contributed by atoms with Crippen LogP contribution in [0.3, 0.4) is 0 Å². The number of amides is 3. The highest BCUT2D eigenvalue weighted by Gasteiger charge is 2.35. The molecule has 5 rings (SSSR count). The van der Waals surface area contributed by atoms with Crippen LogP contribution in [0.4, 0.5) is 4.79 Å². The van der Waals surface area contributed by atoms with Crippen LogP contribution < -0.4 is 5.32 Å². The minimum atomic E-state index is -0.908. The Kier molecular flexibility index (Phi) is 10.9. The number of benzene rings is 4. The van der Waals surface area contributed by atoms with Gasteiger partial charge in [0, 0.05) is 33.0 Å². The van der Waals surface area contributed by atoms with Crippen molar-refractivity contribution in [2.75, 3.05) is 14.1 Å². The number of nitrogens with one attached hydrogen (secondary N) is 1. The van der Waals surface area contributed by atoms with Crippen molar-refractivity contribution < 1.29 is 23.6 Å². The van der Waals surface area contributed by atoms with Crippen molar-refractivity contribution in [2.24, 2.45) is 0 Å². The molecule has 1 heterocycles. The van der Waals surface area contributed by atoms with E-state index >= 15 is 0 Å². The number of nitrogens with zero attached hydrogens (tertiary/aromatic N) is 4. The van der Waals surface area contributed by atoms with E-state index in [1.807, 2.05) is 60.7 Å². The first-order chi connectivity index (χ1) is 24.1. The van der Waals surface area contributed by atoms with Crippen molar-refractivity contribution in [1.29, 1.82) is 0 Å². The first-order valence-electron chi connectivity index (χ1n) is 17.1. The quantitative estimate of drug-likeness (QED) is 0.144. The molecule has 51 heavy (non-hydrogen) atoms. The summed E-state index contributed by atoms with van der Waals surface area (Å²) in [6, 6.07) is 26.9. The molecule has 10 heteroatoms. The Bertz CT molecular complexity index is 2060. The molecule has 0 aliphatic rings. The molecule has 5 aromatic rings. The van der Waals surface area contributed by atoms with Gasteiger partial charge in [0.1, 0.15) is 17.7 Å². The third-order valence-electron chi connectivity index (χ3n) is 8.70. The Labute approximate surface area is 299 Å². The van der Waals surface area contributed by atoms with Gasteiger partial charge >= 0.3 is 6.09 Å². The van der Waals surface area contributed by atoms with Crippen molar-refractivity contribution in [2.45, 2.75) is 77.6 Å². The highest BCUT2D eigenvalue weighted by molar-refractivity contribution is 5.93. The highest BCUT2D eigenvalue weighted by atomic mass is 16.6. The van der Waals surface area contributed by atoms with E-state index in [4.69, 9.17) is 9.26 Å². The fourth-order valence-corrected chi connectivity index (χ4v) is 5.95. The Hall–Kier alpha value is -5.51. The van der Waals surface area contributed by atoms with Gasteiger partial charge in [-0.05, 0) is 74.2 Å². The Morgan fingerprint density at radius 2 is 1.35 bits per heavy atom. The van der Waals surface area contributed by atoms with Crippen LogP contribution >= 0.6 is 0 Å². The van der Waals surface area contributed by atoms with E-state index in [9.17, 15) is 14.4 Å². The minimum Gasteiger partial charge on any atom is -0.444 e. The van der Waals surface area contributed by atoms with Crippen LogP contribution in [0, 0.1) is 6.92 Å². The second-order valence-electron chi connectivity index (χ2n) is 14.6. The number of hydrogen-bond donors (Lipinski definition) is 1. The molecule has 0 aliphatic heterocycles. The molecule has 3 amide bonds. The number of alkyl carbamates (subject to hydrolysis) is 1. The predicted octanol–water partition coefficient (Wildman–Crippen LogP) is 7.36. The lowest BCUT2D eigenvalue weighted by molar-refractivity contribution is -0.143. The lowest BCUT2D eigenvalue weighted by Crippen LogP contribution is -2.50. The molecule has 0 fully saturated rings. The lowest BCUT2D eigenvalue weighted by Gasteiger charge is -2.34. The maximum absolute atomic E-state index is 14.7. The Balaban J connectivity index is 1.45. The minimum absolute atomic E-state index is 0.259. The molecule has 0 bridgehead atoms. The maximum atomic E-state index is 14.7. The molecule has 0 aliphatic carbocycles. The topological polar surface area (TPSA) is 118 Å². The molecule has 10 nitrogen and oxygen atoms in total. The number of rotatable bonds is 11. The first kappa shape index (κ1) is 36.8. The summed E-state index contributed by atoms with van der Waals surface area (Å²) < 4.78 is 11.1. The van der Waals surface area contributed by atoms with Crippen LogP contribution in [0.15, 0.2) is 102 Å². The number of ether oxygens (including phenoxy) is 1. The second kappa shape index (κ2) is 15.2. The summed E-state index contributed by atoms with van der Waals surface area (Å²) >= 11 is 0. The van der Waals surface area contributed by atoms with E-state index < -0.39 is 35.2 Å². The van der Waals surface area contributed by atoms with E-state index in [-0.39, 0.29) is 12.3 Å². The van der Waals surface area contributed by atoms with Gasteiger partial charge in [0.05, 0.1) is 5.54 Å². The maximum Gasteiger partial charge on any atom is 0.408 e. The molecule has 1 N–H and O–H groups in total. The molecule has 0 spiro atoms. The summed E-state index contributed by atoms with van der Waals surface area (Å²) in [5, 5.41) is 11.1. The molecule has 266 valence electrons. The normalized spacial score (nSPS) is 13.3. The van der Waals surface area contributed by atoms with E-state index in [0.717, 1.165) is 32.7 Å². The molecule has 4 aromatic carbocycles. The van der Waals surface area contributed by atoms with Crippen molar-refractivity contribution in [3.63, 3.8) is 0 Å². The molecule has 0 saturated carbocycles. The third kappa shape index (κ3) is 9.60. The fraction of sp³-hybridized carbons (Fsp3) is 0.341. The van der Waals surface area contributed by atoms with Crippen LogP contribution in [-0.2, 0) is 27.2 Å². The zero-order valence-electron chi connectivity index (χ0n) is 30.6. The van der Waals surface area contributed by atoms with Gasteiger partial charge < -0.3 is 24.4 Å². The Morgan fingerprint density at radius 3 is 1.88 bits per heavy atom. The van der Waals surface area contributed by atoms with Gasteiger partial charge in [-0.15, -0.1) is 0 Å². The summed E-state index contributed by atoms with van der Waals surface area (Å²) in [6.45, 7) is 10.6. The fourth-order valence-electron chi connectivity index (χ4n) is 5.95. The van der Waals surface area contributed by atoms with Gasteiger partial charge in [-0.2, -0.15) is 4.98 Å². The molecule has 1 aromatic heterocycles. The molecular weight excluding hydrogens is 642 g/mol. The largest absolute Gasteiger partial charge is 0.444 e. The van der Waals surface area contributed by atoms with Crippen LogP contribution in [-0.4, -0.2) is 69.1 Å². The number of fused-ring (bicyclic) bond motifs is 2. The molecule has 2 atom stereocenters. The van der Waals surface area contributed by atoms with E-state index in [1.54, 1.807) is 66.6 Å². The van der Waals surface area contributed by atoms with Crippen LogP contribution in [0.2, 0.25) is 0 Å². The summed E-state index contributed by atoms with van der Waals surface area (Å²) in [7, 11) is 3.33. The van der Waals surface area contributed by atoms with Crippen molar-refractivity contribution in [3.05, 3.63) is 120 Å². The average Bonchev–Trinajstić information content (AvgIpc) is 3.52. The SMILES string of the molecule is Cc1noc([C@@H](Cc2ccc3ccccc3c2)N(C)C(=O)[C@@H](Cc2ccc3ccccc3c2)N(C)C(=O)/C=C/C(C)(C)NC(=O)OC(C)(C)C)n1. The summed E-state index contributed by atoms with van der Waals surface area (Å²) in [4.78, 5) is 48.6. The number of hydrogen-bond acceptors (Lipinski definition) is 7. The van der Waals surface area contributed by atoms with Gasteiger partial charge in [0.2, 0.25) is 17.7 Å². The number of carbonyl (C=O) groups is 3. The first-order valence-corrected chi connectivity index (χ1v) is 17.1. The van der Waals surface area contributed by atoms with Crippen LogP contribution in [0.5, 0.6) is 0 Å². The highest BCUT2D eigenvalue weighted by Crippen LogP contribution is 2.28. The summed E-state index contributed by atoms with van der Waals surface area (Å²) in [5.74, 6) is 0.0772. The number of aromatic nitrogens is 2. The molecule has 0 radical (unpaired) electrons. The van der Waals surface area contributed by atoms with Crippen molar-refractivity contribution in [3.8, 4) is 0 Å². The number of likely N-dealkylation sites (N-methyl/N-ethyl adjacent to an activating group) is 2. The summed E-state index contributed by atoms with van der Waals surface area (Å²) in [6.07, 6.45) is 3.05. The lowest BCUT2D eigenvalue weighted by atomic mass is 9.97. The van der Waals surface area contributed by atoms with E-state index in [1.165, 1.54) is 11.0 Å². The van der Waals surface area contributed by atoms with Crippen molar-refractivity contribution >= 4 is 39.5 Å². The monoisotopic (exact) mass is 689 g/mol. The molecule has 0 unspecified atom stereocenters. The zero-order valence-corrected chi connectivity index (χ0v) is 30.6. The van der Waals surface area contributed by atoms with Crippen LogP contribution in [0.25, 0.3) is 21.5 Å². The van der Waals surface area contributed by atoms with E-state index in [0.29, 0.717) is 18.1 Å². The standard InChI is InChI=1S/C41H47N5O5/c1-27-42-37(51-44-27)34(25-28-17-19-30-13-9-11-15-32(30)23-28)46(8)38(48)35(26-29-18-20-31-14-10-12-16-33(31)24-29)45(7)36(47)21-22-41(5,6)43-39(49)50-40(2,3)4/h9-24,34-35H,25-26H2,1-8H3,(H,43,49)/b22-21+/t34-,35-/m1/s1. The zero-order chi connectivity index (χ0) is 36.9. The summed E-state index contributed by atoms with van der Waals surface area (Å²) in [5.41, 5.74) is 0.311. The van der Waals surface area contributed by atoms with Gasteiger partial charge in [0.25, 0.3) is 0 Å². The van der Waals surface area contributed by atoms with E-state index in [2.05, 4.69) is 39.7 Å². The van der Waals surface area contributed by atoms with Crippen LogP contribution in [0.1, 0.15) is 63.5 Å². The molecular formula is C41H47N5O5. The Morgan fingerprint density at radius 1 is 0.804 bits per heavy atom. The van der Waals surface area contributed by atoms with Gasteiger partial charge in [-0.1, -0.05) is 96.2 Å². The van der Waals surface area contributed by atoms with Gasteiger partial charge in [0.15, 0.2) is 5.82 Å². The second-order valence-corrected chi connectivity index (χ2v) is 14.6. The number of carbonyl (C=O) groups excluding carboxylic acids is 3. The smallest absolute Gasteiger partial charge is 0.408 e. The predicted molar refractivity (Wildman–Crippen MR) is 199 cm³/mol. The van der Waals surface area contributed by atoms with Gasteiger partial charge in [-0.25, -0.2) is 4.79 Å². The average molecular weight is 690 g/mol. The number of aryl methyl sites for hydroxylation is 1.